The molecule has 1 atom stereocenters. The fourth-order valence-corrected chi connectivity index (χ4v) is 3.45. The molecule has 1 unspecified atom stereocenters. The first-order valence-electron chi connectivity index (χ1n) is 6.88. The van der Waals surface area contributed by atoms with Crippen molar-refractivity contribution in [3.63, 3.8) is 0 Å². The lowest BCUT2D eigenvalue weighted by molar-refractivity contribution is -0.153. The van der Waals surface area contributed by atoms with Gasteiger partial charge >= 0.3 is 5.97 Å². The lowest BCUT2D eigenvalue weighted by Crippen LogP contribution is -2.67. The van der Waals surface area contributed by atoms with Gasteiger partial charge in [0.1, 0.15) is 0 Å². The molecule has 4 nitrogen and oxygen atoms in total. The van der Waals surface area contributed by atoms with Crippen molar-refractivity contribution in [2.45, 2.75) is 18.4 Å². The molecule has 3 saturated heterocycles. The van der Waals surface area contributed by atoms with E-state index in [-0.39, 0.29) is 5.97 Å². The van der Waals surface area contributed by atoms with Gasteiger partial charge in [-0.15, -0.1) is 0 Å². The maximum absolute atomic E-state index is 12.4. The summed E-state index contributed by atoms with van der Waals surface area (Å²) in [6.07, 6.45) is 2.13. The fourth-order valence-electron chi connectivity index (χ4n) is 3.45. The number of fused-ring (bicyclic) bond motifs is 3. The molecule has 1 N–H and O–H groups in total. The van der Waals surface area contributed by atoms with Gasteiger partial charge in [0.2, 0.25) is 0 Å². The molecule has 0 spiro atoms. The van der Waals surface area contributed by atoms with Crippen LogP contribution in [0.1, 0.15) is 12.8 Å². The van der Waals surface area contributed by atoms with Gasteiger partial charge in [-0.1, -0.05) is 18.2 Å². The Balaban J connectivity index is 1.91. The van der Waals surface area contributed by atoms with E-state index in [4.69, 9.17) is 4.74 Å². The largest absolute Gasteiger partial charge is 0.467 e. The highest BCUT2D eigenvalue weighted by Gasteiger charge is 2.52. The molecule has 3 heterocycles. The predicted octanol–water partition coefficient (Wildman–Crippen LogP) is 1.74. The Bertz CT molecular complexity index is 454. The maximum Gasteiger partial charge on any atom is 0.333 e. The molecule has 0 aliphatic carbocycles. The van der Waals surface area contributed by atoms with Crippen LogP contribution in [-0.4, -0.2) is 43.2 Å². The number of piperidine rings is 3. The average molecular weight is 260 g/mol. The summed E-state index contributed by atoms with van der Waals surface area (Å²) in [5.41, 5.74) is 0.411. The van der Waals surface area contributed by atoms with Crippen LogP contribution in [0.3, 0.4) is 0 Å². The summed E-state index contributed by atoms with van der Waals surface area (Å²) in [5.74, 6) is 0.232. The lowest BCUT2D eigenvalue weighted by Gasteiger charge is -2.51. The van der Waals surface area contributed by atoms with Crippen LogP contribution in [0.5, 0.6) is 0 Å². The first-order valence-corrected chi connectivity index (χ1v) is 6.88. The summed E-state index contributed by atoms with van der Waals surface area (Å²) in [7, 11) is 1.48. The van der Waals surface area contributed by atoms with Crippen molar-refractivity contribution < 1.29 is 9.53 Å². The minimum Gasteiger partial charge on any atom is -0.467 e. The summed E-state index contributed by atoms with van der Waals surface area (Å²) in [5, 5.41) is 3.46. The molecule has 1 aromatic rings. The molecule has 0 aromatic heterocycles. The number of nitrogens with one attached hydrogen (secondary N) is 1. The molecule has 102 valence electrons. The molecule has 0 saturated carbocycles. The van der Waals surface area contributed by atoms with Crippen molar-refractivity contribution in [3.05, 3.63) is 30.3 Å². The van der Waals surface area contributed by atoms with Crippen LogP contribution >= 0.6 is 0 Å². The molecule has 3 aliphatic heterocycles. The van der Waals surface area contributed by atoms with Gasteiger partial charge in [0.15, 0.2) is 5.54 Å². The molecule has 0 amide bonds. The van der Waals surface area contributed by atoms with Gasteiger partial charge in [-0.3, -0.25) is 0 Å². The number of carbonyl (C=O) groups is 1. The molecule has 3 aliphatic rings. The zero-order chi connectivity index (χ0) is 13.3. The average Bonchev–Trinajstić information content (AvgIpc) is 2.48. The number of methoxy groups -OCH3 is 1. The third-order valence-electron chi connectivity index (χ3n) is 4.45. The normalized spacial score (nSPS) is 32.9. The molecule has 0 radical (unpaired) electrons. The SMILES string of the molecule is COC(=O)C1(Nc2ccccc2)CN2CCC1CC2. The fraction of sp³-hybridized carbons (Fsp3) is 0.533. The summed E-state index contributed by atoms with van der Waals surface area (Å²) in [6.45, 7) is 2.94. The number of carbonyl (C=O) groups excluding carboxylic acids is 1. The van der Waals surface area contributed by atoms with E-state index in [2.05, 4.69) is 10.2 Å². The van der Waals surface area contributed by atoms with E-state index in [9.17, 15) is 4.79 Å². The van der Waals surface area contributed by atoms with Crippen molar-refractivity contribution in [3.8, 4) is 0 Å². The van der Waals surface area contributed by atoms with Gasteiger partial charge in [-0.2, -0.15) is 0 Å². The quantitative estimate of drug-likeness (QED) is 0.841. The zero-order valence-corrected chi connectivity index (χ0v) is 11.3. The highest BCUT2D eigenvalue weighted by atomic mass is 16.5. The second-order valence-electron chi connectivity index (χ2n) is 5.50. The Kier molecular flexibility index (Phi) is 3.19. The number of hydrogen-bond donors (Lipinski definition) is 1. The van der Waals surface area contributed by atoms with Crippen molar-refractivity contribution in [2.24, 2.45) is 5.92 Å². The number of ether oxygens (including phenoxy) is 1. The topological polar surface area (TPSA) is 41.6 Å². The number of anilines is 1. The van der Waals surface area contributed by atoms with E-state index in [1.807, 2.05) is 30.3 Å². The number of esters is 1. The predicted molar refractivity (Wildman–Crippen MR) is 74.0 cm³/mol. The van der Waals surface area contributed by atoms with Crippen LogP contribution in [0.4, 0.5) is 5.69 Å². The van der Waals surface area contributed by atoms with Gasteiger partial charge in [-0.25, -0.2) is 4.79 Å². The van der Waals surface area contributed by atoms with Crippen LogP contribution in [0.15, 0.2) is 30.3 Å². The summed E-state index contributed by atoms with van der Waals surface area (Å²) < 4.78 is 5.09. The summed E-state index contributed by atoms with van der Waals surface area (Å²) >= 11 is 0. The molecule has 4 heteroatoms. The Labute approximate surface area is 113 Å². The molecular weight excluding hydrogens is 240 g/mol. The zero-order valence-electron chi connectivity index (χ0n) is 11.3. The van der Waals surface area contributed by atoms with Crippen molar-refractivity contribution in [1.82, 2.24) is 4.90 Å². The Morgan fingerprint density at radius 2 is 2.00 bits per heavy atom. The van der Waals surface area contributed by atoms with Gasteiger partial charge in [-0.05, 0) is 44.0 Å². The first-order chi connectivity index (χ1) is 9.24. The number of para-hydroxylation sites is 1. The van der Waals surface area contributed by atoms with E-state index in [0.717, 1.165) is 38.2 Å². The molecule has 19 heavy (non-hydrogen) atoms. The third-order valence-corrected chi connectivity index (χ3v) is 4.45. The standard InChI is InChI=1S/C15H20N2O2/c1-19-14(18)15(16-13-5-3-2-4-6-13)11-17-9-7-12(15)8-10-17/h2-6,12,16H,7-11H2,1H3. The van der Waals surface area contributed by atoms with Gasteiger partial charge in [0.05, 0.1) is 7.11 Å². The lowest BCUT2D eigenvalue weighted by atomic mass is 9.72. The monoisotopic (exact) mass is 260 g/mol. The second-order valence-corrected chi connectivity index (χ2v) is 5.50. The molecular formula is C15H20N2O2. The second kappa shape index (κ2) is 4.85. The third kappa shape index (κ3) is 2.10. The number of benzene rings is 1. The van der Waals surface area contributed by atoms with E-state index in [1.165, 1.54) is 7.11 Å². The van der Waals surface area contributed by atoms with Crippen LogP contribution in [0.2, 0.25) is 0 Å². The smallest absolute Gasteiger partial charge is 0.333 e. The highest BCUT2D eigenvalue weighted by molar-refractivity contribution is 5.85. The number of nitrogens with zero attached hydrogens (tertiary/aromatic N) is 1. The van der Waals surface area contributed by atoms with Crippen LogP contribution < -0.4 is 5.32 Å². The first kappa shape index (κ1) is 12.5. The van der Waals surface area contributed by atoms with Gasteiger partial charge in [0.25, 0.3) is 0 Å². The van der Waals surface area contributed by atoms with E-state index in [1.54, 1.807) is 0 Å². The number of rotatable bonds is 3. The minimum atomic E-state index is -0.577. The summed E-state index contributed by atoms with van der Waals surface area (Å²) in [6, 6.07) is 9.94. The minimum absolute atomic E-state index is 0.134. The summed E-state index contributed by atoms with van der Waals surface area (Å²) in [4.78, 5) is 14.7. The number of hydrogen-bond acceptors (Lipinski definition) is 4. The van der Waals surface area contributed by atoms with E-state index in [0.29, 0.717) is 5.92 Å². The molecule has 1 aromatic carbocycles. The Hall–Kier alpha value is -1.55. The highest BCUT2D eigenvalue weighted by Crippen LogP contribution is 2.38. The van der Waals surface area contributed by atoms with Crippen LogP contribution in [-0.2, 0) is 9.53 Å². The molecule has 2 bridgehead atoms. The van der Waals surface area contributed by atoms with E-state index >= 15 is 0 Å². The molecule has 3 fully saturated rings. The van der Waals surface area contributed by atoms with Crippen molar-refractivity contribution >= 4 is 11.7 Å². The van der Waals surface area contributed by atoms with Crippen molar-refractivity contribution in [2.75, 3.05) is 32.1 Å². The van der Waals surface area contributed by atoms with Gasteiger partial charge in [0, 0.05) is 12.2 Å². The van der Waals surface area contributed by atoms with E-state index < -0.39 is 5.54 Å². The maximum atomic E-state index is 12.4. The Morgan fingerprint density at radius 3 is 2.53 bits per heavy atom. The molecule has 4 rings (SSSR count). The van der Waals surface area contributed by atoms with Crippen molar-refractivity contribution in [1.29, 1.82) is 0 Å². The van der Waals surface area contributed by atoms with Gasteiger partial charge < -0.3 is 15.0 Å². The van der Waals surface area contributed by atoms with Crippen LogP contribution in [0.25, 0.3) is 0 Å². The van der Waals surface area contributed by atoms with Crippen LogP contribution in [0, 0.1) is 5.92 Å². The Morgan fingerprint density at radius 1 is 1.32 bits per heavy atom.